The second-order valence-electron chi connectivity index (χ2n) is 3.74. The zero-order chi connectivity index (χ0) is 13.0. The van der Waals surface area contributed by atoms with E-state index in [0.29, 0.717) is 18.7 Å². The molecule has 0 unspecified atom stereocenters. The van der Waals surface area contributed by atoms with Gasteiger partial charge in [-0.3, -0.25) is 4.79 Å². The van der Waals surface area contributed by atoms with Crippen LogP contribution < -0.4 is 10.2 Å². The summed E-state index contributed by atoms with van der Waals surface area (Å²) in [4.78, 5) is 18.1. The van der Waals surface area contributed by atoms with Crippen LogP contribution in [0.15, 0.2) is 24.4 Å². The highest BCUT2D eigenvalue weighted by molar-refractivity contribution is 5.97. The predicted octanol–water partition coefficient (Wildman–Crippen LogP) is 0.471. The van der Waals surface area contributed by atoms with Gasteiger partial charge in [0.25, 0.3) is 5.91 Å². The maximum atomic E-state index is 11.8. The van der Waals surface area contributed by atoms with Crippen LogP contribution in [0.25, 0.3) is 10.9 Å². The highest BCUT2D eigenvalue weighted by Crippen LogP contribution is 2.13. The Balaban J connectivity index is 2.15. The molecule has 2 aromatic rings. The standard InChI is InChI=1S/C12H15N3O3/c1-17-6-5-13-12(16)9-3-4-11-10(7-9)8-15(14-11)18-2/h3-4,7-8H,5-6H2,1-2H3,(H,13,16). The Bertz CT molecular complexity index is 550. The van der Waals surface area contributed by atoms with Gasteiger partial charge in [0, 0.05) is 24.6 Å². The molecule has 0 fully saturated rings. The summed E-state index contributed by atoms with van der Waals surface area (Å²) in [7, 11) is 3.13. The molecule has 96 valence electrons. The van der Waals surface area contributed by atoms with Crippen LogP contribution in [-0.4, -0.2) is 43.2 Å². The molecule has 1 aromatic carbocycles. The van der Waals surface area contributed by atoms with E-state index in [0.717, 1.165) is 10.9 Å². The molecule has 0 aliphatic heterocycles. The van der Waals surface area contributed by atoms with E-state index in [2.05, 4.69) is 10.4 Å². The van der Waals surface area contributed by atoms with Crippen molar-refractivity contribution in [2.75, 3.05) is 27.4 Å². The Morgan fingerprint density at radius 3 is 3.00 bits per heavy atom. The van der Waals surface area contributed by atoms with E-state index in [1.807, 2.05) is 0 Å². The van der Waals surface area contributed by atoms with Crippen molar-refractivity contribution in [2.24, 2.45) is 0 Å². The maximum Gasteiger partial charge on any atom is 0.251 e. The molecule has 0 saturated heterocycles. The second-order valence-corrected chi connectivity index (χ2v) is 3.74. The van der Waals surface area contributed by atoms with E-state index in [4.69, 9.17) is 9.57 Å². The van der Waals surface area contributed by atoms with Gasteiger partial charge in [-0.05, 0) is 18.2 Å². The number of carbonyl (C=O) groups excluding carboxylic acids is 1. The van der Waals surface area contributed by atoms with Gasteiger partial charge in [-0.25, -0.2) is 0 Å². The van der Waals surface area contributed by atoms with Crippen LogP contribution in [0.1, 0.15) is 10.4 Å². The lowest BCUT2D eigenvalue weighted by molar-refractivity contribution is 0.0937. The Kier molecular flexibility index (Phi) is 3.78. The molecule has 0 saturated carbocycles. The third-order valence-corrected chi connectivity index (χ3v) is 2.52. The first-order valence-corrected chi connectivity index (χ1v) is 5.55. The number of rotatable bonds is 5. The number of ether oxygens (including phenoxy) is 1. The van der Waals surface area contributed by atoms with Gasteiger partial charge in [0.2, 0.25) is 0 Å². The molecule has 1 amide bonds. The first kappa shape index (κ1) is 12.4. The number of aromatic nitrogens is 2. The van der Waals surface area contributed by atoms with Crippen LogP contribution in [0.5, 0.6) is 0 Å². The molecule has 1 aromatic heterocycles. The minimum atomic E-state index is -0.126. The molecule has 0 radical (unpaired) electrons. The van der Waals surface area contributed by atoms with Gasteiger partial charge >= 0.3 is 0 Å². The summed E-state index contributed by atoms with van der Waals surface area (Å²) in [6, 6.07) is 5.30. The molecule has 0 aliphatic carbocycles. The van der Waals surface area contributed by atoms with Crippen molar-refractivity contribution in [3.8, 4) is 0 Å². The molecular formula is C12H15N3O3. The van der Waals surface area contributed by atoms with E-state index in [9.17, 15) is 4.79 Å². The van der Waals surface area contributed by atoms with Crippen LogP contribution in [0.2, 0.25) is 0 Å². The third-order valence-electron chi connectivity index (χ3n) is 2.52. The summed E-state index contributed by atoms with van der Waals surface area (Å²) in [5.74, 6) is -0.126. The Morgan fingerprint density at radius 1 is 1.44 bits per heavy atom. The van der Waals surface area contributed by atoms with Crippen molar-refractivity contribution in [1.82, 2.24) is 15.3 Å². The number of hydrogen-bond acceptors (Lipinski definition) is 4. The summed E-state index contributed by atoms with van der Waals surface area (Å²) >= 11 is 0. The molecule has 6 nitrogen and oxygen atoms in total. The van der Waals surface area contributed by atoms with Gasteiger partial charge in [0.05, 0.1) is 18.3 Å². The number of benzene rings is 1. The molecule has 0 atom stereocenters. The predicted molar refractivity (Wildman–Crippen MR) is 66.4 cm³/mol. The summed E-state index contributed by atoms with van der Waals surface area (Å²) < 4.78 is 4.87. The van der Waals surface area contributed by atoms with Crippen molar-refractivity contribution >= 4 is 16.8 Å². The fourth-order valence-corrected chi connectivity index (χ4v) is 1.61. The van der Waals surface area contributed by atoms with E-state index < -0.39 is 0 Å². The van der Waals surface area contributed by atoms with Crippen molar-refractivity contribution in [3.05, 3.63) is 30.0 Å². The number of nitrogens with zero attached hydrogens (tertiary/aromatic N) is 2. The zero-order valence-corrected chi connectivity index (χ0v) is 10.3. The number of carbonyl (C=O) groups is 1. The smallest absolute Gasteiger partial charge is 0.251 e. The minimum Gasteiger partial charge on any atom is -0.400 e. The number of hydrogen-bond donors (Lipinski definition) is 1. The molecule has 0 spiro atoms. The summed E-state index contributed by atoms with van der Waals surface area (Å²) in [6.07, 6.45) is 1.72. The van der Waals surface area contributed by atoms with Crippen LogP contribution in [0.3, 0.4) is 0 Å². The number of fused-ring (bicyclic) bond motifs is 1. The van der Waals surface area contributed by atoms with Gasteiger partial charge in [-0.2, -0.15) is 0 Å². The average Bonchev–Trinajstić information content (AvgIpc) is 2.80. The third kappa shape index (κ3) is 2.60. The van der Waals surface area contributed by atoms with Gasteiger partial charge in [-0.1, -0.05) is 0 Å². The second kappa shape index (κ2) is 5.50. The largest absolute Gasteiger partial charge is 0.400 e. The van der Waals surface area contributed by atoms with Crippen molar-refractivity contribution in [2.45, 2.75) is 0 Å². The topological polar surface area (TPSA) is 65.4 Å². The lowest BCUT2D eigenvalue weighted by atomic mass is 10.1. The molecule has 2 rings (SSSR count). The van der Waals surface area contributed by atoms with Crippen LogP contribution in [-0.2, 0) is 4.74 Å². The van der Waals surface area contributed by atoms with E-state index in [1.54, 1.807) is 31.5 Å². The molecule has 0 bridgehead atoms. The normalized spacial score (nSPS) is 10.6. The molecular weight excluding hydrogens is 234 g/mol. The van der Waals surface area contributed by atoms with Gasteiger partial charge in [-0.15, -0.1) is 9.94 Å². The zero-order valence-electron chi connectivity index (χ0n) is 10.3. The molecule has 1 heterocycles. The molecule has 6 heteroatoms. The molecule has 18 heavy (non-hydrogen) atoms. The quantitative estimate of drug-likeness (QED) is 0.782. The van der Waals surface area contributed by atoms with E-state index in [-0.39, 0.29) is 5.91 Å². The summed E-state index contributed by atoms with van der Waals surface area (Å²) in [5.41, 5.74) is 1.37. The lowest BCUT2D eigenvalue weighted by Gasteiger charge is -2.03. The molecule has 0 aliphatic rings. The van der Waals surface area contributed by atoms with Gasteiger partial charge < -0.3 is 14.9 Å². The Labute approximate surface area is 104 Å². The monoisotopic (exact) mass is 249 g/mol. The minimum absolute atomic E-state index is 0.126. The Hall–Kier alpha value is -2.08. The number of amides is 1. The number of methoxy groups -OCH3 is 1. The fourth-order valence-electron chi connectivity index (χ4n) is 1.61. The summed E-state index contributed by atoms with van der Waals surface area (Å²) in [6.45, 7) is 0.986. The highest BCUT2D eigenvalue weighted by atomic mass is 16.7. The fraction of sp³-hybridized carbons (Fsp3) is 0.333. The van der Waals surface area contributed by atoms with Crippen molar-refractivity contribution < 1.29 is 14.4 Å². The first-order chi connectivity index (χ1) is 8.74. The lowest BCUT2D eigenvalue weighted by Crippen LogP contribution is -2.26. The SMILES string of the molecule is COCCNC(=O)c1ccc2nn(OC)cc2c1. The maximum absolute atomic E-state index is 11.8. The first-order valence-electron chi connectivity index (χ1n) is 5.55. The van der Waals surface area contributed by atoms with Crippen LogP contribution in [0.4, 0.5) is 0 Å². The Morgan fingerprint density at radius 2 is 2.28 bits per heavy atom. The van der Waals surface area contributed by atoms with Crippen LogP contribution in [0, 0.1) is 0 Å². The van der Waals surface area contributed by atoms with E-state index in [1.165, 1.54) is 12.0 Å². The molecule has 1 N–H and O–H groups in total. The van der Waals surface area contributed by atoms with E-state index >= 15 is 0 Å². The van der Waals surface area contributed by atoms with Gasteiger partial charge in [0.15, 0.2) is 0 Å². The summed E-state index contributed by atoms with van der Waals surface area (Å²) in [5, 5.41) is 7.77. The van der Waals surface area contributed by atoms with Crippen LogP contribution >= 0.6 is 0 Å². The van der Waals surface area contributed by atoms with Crippen molar-refractivity contribution in [3.63, 3.8) is 0 Å². The van der Waals surface area contributed by atoms with Gasteiger partial charge in [0.1, 0.15) is 7.11 Å². The average molecular weight is 249 g/mol. The highest BCUT2D eigenvalue weighted by Gasteiger charge is 2.07. The number of nitrogens with one attached hydrogen (secondary N) is 1. The van der Waals surface area contributed by atoms with Crippen molar-refractivity contribution in [1.29, 1.82) is 0 Å².